The Kier molecular flexibility index (Phi) is 2.93. The molecule has 1 heterocycles. The number of imidazole rings is 1. The summed E-state index contributed by atoms with van der Waals surface area (Å²) in [6, 6.07) is 7.69. The molecule has 5 nitrogen and oxygen atoms in total. The van der Waals surface area contributed by atoms with Crippen LogP contribution in [0.15, 0.2) is 24.3 Å². The van der Waals surface area contributed by atoms with Crippen LogP contribution in [0.25, 0.3) is 11.0 Å². The molecule has 3 N–H and O–H groups in total. The van der Waals surface area contributed by atoms with Crippen molar-refractivity contribution in [3.8, 4) is 0 Å². The lowest BCUT2D eigenvalue weighted by Crippen LogP contribution is -2.16. The van der Waals surface area contributed by atoms with E-state index in [4.69, 9.17) is 5.14 Å². The first-order valence-corrected chi connectivity index (χ1v) is 6.70. The molecule has 1 aromatic heterocycles. The number of benzene rings is 1. The summed E-state index contributed by atoms with van der Waals surface area (Å²) in [6.45, 7) is 0. The molecule has 0 saturated carbocycles. The van der Waals surface area contributed by atoms with Gasteiger partial charge >= 0.3 is 0 Å². The number of fused-ring (bicyclic) bond motifs is 1. The highest BCUT2D eigenvalue weighted by molar-refractivity contribution is 7.89. The van der Waals surface area contributed by atoms with Crippen molar-refractivity contribution in [1.29, 1.82) is 0 Å². The molecule has 0 unspecified atom stereocenters. The van der Waals surface area contributed by atoms with E-state index < -0.39 is 10.0 Å². The van der Waals surface area contributed by atoms with Crippen molar-refractivity contribution < 1.29 is 8.42 Å². The Morgan fingerprint density at radius 3 is 2.75 bits per heavy atom. The number of nitrogens with zero attached hydrogens (tertiary/aromatic N) is 1. The van der Waals surface area contributed by atoms with Gasteiger partial charge in [-0.1, -0.05) is 12.1 Å². The van der Waals surface area contributed by atoms with Gasteiger partial charge in [-0.3, -0.25) is 0 Å². The highest BCUT2D eigenvalue weighted by Crippen LogP contribution is 2.11. The molecular formula is C10H13N3O2S. The van der Waals surface area contributed by atoms with Crippen LogP contribution >= 0.6 is 0 Å². The molecular weight excluding hydrogens is 226 g/mol. The summed E-state index contributed by atoms with van der Waals surface area (Å²) >= 11 is 0. The molecule has 0 aliphatic carbocycles. The second-order valence-electron chi connectivity index (χ2n) is 3.67. The van der Waals surface area contributed by atoms with Crippen molar-refractivity contribution in [2.24, 2.45) is 5.14 Å². The molecule has 6 heteroatoms. The fourth-order valence-corrected chi connectivity index (χ4v) is 2.11. The number of aromatic amines is 1. The average molecular weight is 239 g/mol. The summed E-state index contributed by atoms with van der Waals surface area (Å²) in [6.07, 6.45) is 1.07. The van der Waals surface area contributed by atoms with E-state index >= 15 is 0 Å². The summed E-state index contributed by atoms with van der Waals surface area (Å²) in [5, 5.41) is 4.92. The van der Waals surface area contributed by atoms with Gasteiger partial charge in [0.2, 0.25) is 10.0 Å². The van der Waals surface area contributed by atoms with E-state index in [2.05, 4.69) is 9.97 Å². The first kappa shape index (κ1) is 11.1. The highest BCUT2D eigenvalue weighted by atomic mass is 32.2. The molecule has 0 atom stereocenters. The standard InChI is InChI=1S/C10H13N3O2S/c11-16(14,15)7-3-6-10-12-8-4-1-2-5-9(8)13-10/h1-2,4-5H,3,6-7H2,(H,12,13)(H2,11,14,15). The normalized spacial score (nSPS) is 12.1. The van der Waals surface area contributed by atoms with E-state index in [1.807, 2.05) is 24.3 Å². The lowest BCUT2D eigenvalue weighted by Gasteiger charge is -1.95. The van der Waals surface area contributed by atoms with Gasteiger partial charge in [0, 0.05) is 6.42 Å². The maximum Gasteiger partial charge on any atom is 0.209 e. The Morgan fingerprint density at radius 2 is 2.06 bits per heavy atom. The zero-order chi connectivity index (χ0) is 11.6. The Balaban J connectivity index is 2.05. The van der Waals surface area contributed by atoms with E-state index in [-0.39, 0.29) is 5.75 Å². The van der Waals surface area contributed by atoms with Gasteiger partial charge in [-0.25, -0.2) is 18.5 Å². The molecule has 0 spiro atoms. The second kappa shape index (κ2) is 4.23. The first-order chi connectivity index (χ1) is 7.54. The number of nitrogens with one attached hydrogen (secondary N) is 1. The molecule has 86 valence electrons. The van der Waals surface area contributed by atoms with E-state index in [0.717, 1.165) is 16.9 Å². The summed E-state index contributed by atoms with van der Waals surface area (Å²) in [5.41, 5.74) is 1.86. The number of aromatic nitrogens is 2. The monoisotopic (exact) mass is 239 g/mol. The minimum absolute atomic E-state index is 0.00988. The van der Waals surface area contributed by atoms with E-state index in [0.29, 0.717) is 12.8 Å². The van der Waals surface area contributed by atoms with Crippen molar-refractivity contribution in [1.82, 2.24) is 9.97 Å². The number of aryl methyl sites for hydroxylation is 1. The summed E-state index contributed by atoms with van der Waals surface area (Å²) in [5.74, 6) is 0.786. The van der Waals surface area contributed by atoms with Crippen LogP contribution in [0.1, 0.15) is 12.2 Å². The van der Waals surface area contributed by atoms with Gasteiger partial charge in [-0.2, -0.15) is 0 Å². The predicted molar refractivity (Wildman–Crippen MR) is 62.4 cm³/mol. The van der Waals surface area contributed by atoms with Gasteiger partial charge in [0.15, 0.2) is 0 Å². The molecule has 2 aromatic rings. The largest absolute Gasteiger partial charge is 0.342 e. The van der Waals surface area contributed by atoms with Gasteiger partial charge < -0.3 is 4.98 Å². The van der Waals surface area contributed by atoms with Crippen LogP contribution in [-0.4, -0.2) is 24.1 Å². The molecule has 0 aliphatic rings. The van der Waals surface area contributed by atoms with Crippen LogP contribution in [-0.2, 0) is 16.4 Å². The van der Waals surface area contributed by atoms with Crippen molar-refractivity contribution in [2.75, 3.05) is 5.75 Å². The molecule has 0 amide bonds. The number of nitrogens with two attached hydrogens (primary N) is 1. The van der Waals surface area contributed by atoms with E-state index in [9.17, 15) is 8.42 Å². The van der Waals surface area contributed by atoms with Crippen LogP contribution in [0.5, 0.6) is 0 Å². The molecule has 0 radical (unpaired) electrons. The molecule has 1 aromatic carbocycles. The second-order valence-corrected chi connectivity index (χ2v) is 5.41. The first-order valence-electron chi connectivity index (χ1n) is 4.99. The molecule has 0 fully saturated rings. The third kappa shape index (κ3) is 2.80. The third-order valence-electron chi connectivity index (χ3n) is 2.28. The number of rotatable bonds is 4. The number of primary sulfonamides is 1. The maximum absolute atomic E-state index is 10.7. The number of H-pyrrole nitrogens is 1. The van der Waals surface area contributed by atoms with Crippen molar-refractivity contribution >= 4 is 21.1 Å². The number of para-hydroxylation sites is 2. The Bertz CT molecular complexity index is 556. The zero-order valence-corrected chi connectivity index (χ0v) is 9.50. The molecule has 2 rings (SSSR count). The Labute approximate surface area is 93.7 Å². The van der Waals surface area contributed by atoms with Crippen LogP contribution < -0.4 is 5.14 Å². The molecule has 0 aliphatic heterocycles. The number of hydrogen-bond donors (Lipinski definition) is 2. The van der Waals surface area contributed by atoms with Crippen LogP contribution in [0.3, 0.4) is 0 Å². The van der Waals surface area contributed by atoms with Crippen LogP contribution in [0.2, 0.25) is 0 Å². The lowest BCUT2D eigenvalue weighted by atomic mass is 10.3. The number of sulfonamides is 1. The van der Waals surface area contributed by atoms with Crippen molar-refractivity contribution in [3.05, 3.63) is 30.1 Å². The predicted octanol–water partition coefficient (Wildman–Crippen LogP) is 0.784. The van der Waals surface area contributed by atoms with Gasteiger partial charge in [0.25, 0.3) is 0 Å². The Morgan fingerprint density at radius 1 is 1.31 bits per heavy atom. The molecule has 0 saturated heterocycles. The number of hydrogen-bond acceptors (Lipinski definition) is 3. The van der Waals surface area contributed by atoms with E-state index in [1.54, 1.807) is 0 Å². The quantitative estimate of drug-likeness (QED) is 0.826. The molecule has 16 heavy (non-hydrogen) atoms. The van der Waals surface area contributed by atoms with Gasteiger partial charge in [-0.15, -0.1) is 0 Å². The van der Waals surface area contributed by atoms with Crippen molar-refractivity contribution in [3.63, 3.8) is 0 Å². The zero-order valence-electron chi connectivity index (χ0n) is 8.68. The fourth-order valence-electron chi connectivity index (χ4n) is 1.56. The Hall–Kier alpha value is -1.40. The molecule has 0 bridgehead atoms. The van der Waals surface area contributed by atoms with Gasteiger partial charge in [-0.05, 0) is 18.6 Å². The smallest absolute Gasteiger partial charge is 0.209 e. The average Bonchev–Trinajstić information content (AvgIpc) is 2.57. The summed E-state index contributed by atoms with van der Waals surface area (Å²) < 4.78 is 21.5. The third-order valence-corrected chi connectivity index (χ3v) is 3.14. The minimum atomic E-state index is -3.37. The van der Waals surface area contributed by atoms with Gasteiger partial charge in [0.05, 0.1) is 16.8 Å². The minimum Gasteiger partial charge on any atom is -0.342 e. The van der Waals surface area contributed by atoms with Gasteiger partial charge in [0.1, 0.15) is 5.82 Å². The fraction of sp³-hybridized carbons (Fsp3) is 0.300. The SMILES string of the molecule is NS(=O)(=O)CCCc1nc2ccccc2[nH]1. The summed E-state index contributed by atoms with van der Waals surface area (Å²) in [7, 11) is -3.37. The van der Waals surface area contributed by atoms with Crippen molar-refractivity contribution in [2.45, 2.75) is 12.8 Å². The topological polar surface area (TPSA) is 88.8 Å². The maximum atomic E-state index is 10.7. The highest BCUT2D eigenvalue weighted by Gasteiger charge is 2.05. The van der Waals surface area contributed by atoms with Crippen LogP contribution in [0.4, 0.5) is 0 Å². The van der Waals surface area contributed by atoms with Crippen LogP contribution in [0, 0.1) is 0 Å². The lowest BCUT2D eigenvalue weighted by molar-refractivity contribution is 0.594. The summed E-state index contributed by atoms with van der Waals surface area (Å²) in [4.78, 5) is 7.48. The van der Waals surface area contributed by atoms with E-state index in [1.165, 1.54) is 0 Å².